The van der Waals surface area contributed by atoms with E-state index in [1.165, 1.54) is 12.1 Å². The normalized spacial score (nSPS) is 20.0. The van der Waals surface area contributed by atoms with Gasteiger partial charge in [0.1, 0.15) is 0 Å². The maximum atomic E-state index is 2.51. The van der Waals surface area contributed by atoms with Gasteiger partial charge < -0.3 is 0 Å². The van der Waals surface area contributed by atoms with E-state index in [1.54, 1.807) is 0 Å². The van der Waals surface area contributed by atoms with E-state index < -0.39 is 16.1 Å². The Morgan fingerprint density at radius 1 is 0.650 bits per heavy atom. The zero-order chi connectivity index (χ0) is 14.6. The van der Waals surface area contributed by atoms with Crippen molar-refractivity contribution in [1.82, 2.24) is 0 Å². The molecule has 0 aromatic rings. The molecule has 20 heavy (non-hydrogen) atoms. The second-order valence-corrected chi connectivity index (χ2v) is 17.6. The van der Waals surface area contributed by atoms with Crippen LogP contribution in [-0.4, -0.2) is 16.1 Å². The van der Waals surface area contributed by atoms with E-state index >= 15 is 0 Å². The van der Waals surface area contributed by atoms with Crippen LogP contribution >= 0.6 is 0 Å². The molecule has 0 amide bonds. The Bertz CT molecular complexity index is 408. The van der Waals surface area contributed by atoms with E-state index in [-0.39, 0.29) is 0 Å². The highest BCUT2D eigenvalue weighted by molar-refractivity contribution is 6.81. The SMILES string of the molecule is C[Si](C)(CC=CC[Si](C)(C)C1C=CC=C1)C1C=CC=C1. The summed E-state index contributed by atoms with van der Waals surface area (Å²) in [6.07, 6.45) is 23.3. The molecule has 2 rings (SSSR count). The lowest BCUT2D eigenvalue weighted by Gasteiger charge is -2.27. The summed E-state index contributed by atoms with van der Waals surface area (Å²) in [5.74, 6) is 0. The van der Waals surface area contributed by atoms with Crippen molar-refractivity contribution in [2.75, 3.05) is 0 Å². The van der Waals surface area contributed by atoms with Crippen LogP contribution in [-0.2, 0) is 0 Å². The molecule has 0 radical (unpaired) electrons. The second-order valence-electron chi connectivity index (χ2n) is 7.45. The molecule has 2 aliphatic carbocycles. The minimum atomic E-state index is -1.17. The topological polar surface area (TPSA) is 0 Å². The fourth-order valence-electron chi connectivity index (χ4n) is 2.95. The summed E-state index contributed by atoms with van der Waals surface area (Å²) < 4.78 is 0. The molecule has 0 unspecified atom stereocenters. The lowest BCUT2D eigenvalue weighted by atomic mass is 10.5. The molecule has 0 aromatic carbocycles. The van der Waals surface area contributed by atoms with E-state index in [0.29, 0.717) is 0 Å². The first-order chi connectivity index (χ1) is 9.42. The van der Waals surface area contributed by atoms with Gasteiger partial charge >= 0.3 is 0 Å². The highest BCUT2D eigenvalue weighted by atomic mass is 28.3. The first-order valence-electron chi connectivity index (χ1n) is 7.77. The maximum absolute atomic E-state index is 2.51. The summed E-state index contributed by atoms with van der Waals surface area (Å²) in [5.41, 5.74) is 1.47. The quantitative estimate of drug-likeness (QED) is 0.420. The third kappa shape index (κ3) is 3.83. The summed E-state index contributed by atoms with van der Waals surface area (Å²) in [5, 5.41) is 0. The van der Waals surface area contributed by atoms with Crippen LogP contribution in [0.1, 0.15) is 0 Å². The predicted octanol–water partition coefficient (Wildman–Crippen LogP) is 5.95. The molecule has 0 bridgehead atoms. The minimum absolute atomic E-state index is 0.734. The van der Waals surface area contributed by atoms with Crippen molar-refractivity contribution in [2.45, 2.75) is 49.4 Å². The minimum Gasteiger partial charge on any atom is -0.0915 e. The molecular formula is C18H28Si2. The molecule has 0 aliphatic heterocycles. The highest BCUT2D eigenvalue weighted by Gasteiger charge is 2.29. The Morgan fingerprint density at radius 3 is 1.25 bits per heavy atom. The largest absolute Gasteiger partial charge is 0.0915 e. The average Bonchev–Trinajstić information content (AvgIpc) is 3.05. The Morgan fingerprint density at radius 2 is 0.950 bits per heavy atom. The Balaban J connectivity index is 1.84. The van der Waals surface area contributed by atoms with Crippen molar-refractivity contribution in [3.63, 3.8) is 0 Å². The van der Waals surface area contributed by atoms with Crippen molar-refractivity contribution in [3.05, 3.63) is 60.8 Å². The van der Waals surface area contributed by atoms with Gasteiger partial charge in [0.15, 0.2) is 0 Å². The van der Waals surface area contributed by atoms with Crippen LogP contribution in [0.15, 0.2) is 60.8 Å². The molecular weight excluding hydrogens is 272 g/mol. The van der Waals surface area contributed by atoms with E-state index in [1.807, 2.05) is 0 Å². The van der Waals surface area contributed by atoms with Gasteiger partial charge in [0.2, 0.25) is 0 Å². The molecule has 0 N–H and O–H groups in total. The monoisotopic (exact) mass is 300 g/mol. The van der Waals surface area contributed by atoms with Crippen LogP contribution in [0.2, 0.25) is 49.4 Å². The molecule has 0 saturated carbocycles. The van der Waals surface area contributed by atoms with Crippen LogP contribution in [0.5, 0.6) is 0 Å². The number of rotatable bonds is 6. The average molecular weight is 301 g/mol. The van der Waals surface area contributed by atoms with Crippen molar-refractivity contribution in [2.24, 2.45) is 0 Å². The molecule has 2 heteroatoms. The zero-order valence-corrected chi connectivity index (χ0v) is 15.3. The Hall–Kier alpha value is -0.866. The van der Waals surface area contributed by atoms with Crippen molar-refractivity contribution >= 4 is 16.1 Å². The van der Waals surface area contributed by atoms with Gasteiger partial charge in [0.05, 0.1) is 16.1 Å². The third-order valence-electron chi connectivity index (χ3n) is 4.76. The molecule has 108 valence electrons. The van der Waals surface area contributed by atoms with Gasteiger partial charge in [-0.1, -0.05) is 86.9 Å². The molecule has 0 fully saturated rings. The van der Waals surface area contributed by atoms with Crippen molar-refractivity contribution in [1.29, 1.82) is 0 Å². The van der Waals surface area contributed by atoms with Crippen LogP contribution in [0.4, 0.5) is 0 Å². The van der Waals surface area contributed by atoms with Crippen LogP contribution in [0.25, 0.3) is 0 Å². The second kappa shape index (κ2) is 6.27. The standard InChI is InChI=1S/C18H28Si2/c1-19(2,17-11-5-6-12-17)15-9-10-16-20(3,4)18-13-7-8-14-18/h5-14,17-18H,15-16H2,1-4H3. The van der Waals surface area contributed by atoms with Crippen LogP contribution in [0, 0.1) is 0 Å². The third-order valence-corrected chi connectivity index (χ3v) is 11.7. The zero-order valence-electron chi connectivity index (χ0n) is 13.3. The van der Waals surface area contributed by atoms with Crippen LogP contribution < -0.4 is 0 Å². The van der Waals surface area contributed by atoms with Gasteiger partial charge in [0.25, 0.3) is 0 Å². The molecule has 2 aliphatic rings. The maximum Gasteiger partial charge on any atom is 0.0625 e. The number of allylic oxidation sites excluding steroid dienone is 10. The van der Waals surface area contributed by atoms with Crippen molar-refractivity contribution < 1.29 is 0 Å². The van der Waals surface area contributed by atoms with Gasteiger partial charge in [-0.25, -0.2) is 0 Å². The predicted molar refractivity (Wildman–Crippen MR) is 97.8 cm³/mol. The summed E-state index contributed by atoms with van der Waals surface area (Å²) in [6, 6.07) is 2.60. The molecule has 0 atom stereocenters. The van der Waals surface area contributed by atoms with Crippen molar-refractivity contribution in [3.8, 4) is 0 Å². The van der Waals surface area contributed by atoms with E-state index in [0.717, 1.165) is 11.1 Å². The van der Waals surface area contributed by atoms with Gasteiger partial charge in [0, 0.05) is 0 Å². The molecule has 0 heterocycles. The Labute approximate surface area is 126 Å². The number of hydrogen-bond acceptors (Lipinski definition) is 0. The summed E-state index contributed by atoms with van der Waals surface area (Å²) in [4.78, 5) is 0. The number of hydrogen-bond donors (Lipinski definition) is 0. The summed E-state index contributed by atoms with van der Waals surface area (Å²) in [6.45, 7) is 10.0. The molecule has 0 spiro atoms. The van der Waals surface area contributed by atoms with E-state index in [4.69, 9.17) is 0 Å². The van der Waals surface area contributed by atoms with Gasteiger partial charge in [-0.2, -0.15) is 0 Å². The fraction of sp³-hybridized carbons (Fsp3) is 0.444. The lowest BCUT2D eigenvalue weighted by Crippen LogP contribution is -2.30. The highest BCUT2D eigenvalue weighted by Crippen LogP contribution is 2.33. The first kappa shape index (κ1) is 15.5. The fourth-order valence-corrected chi connectivity index (χ4v) is 7.57. The van der Waals surface area contributed by atoms with E-state index in [9.17, 15) is 0 Å². The van der Waals surface area contributed by atoms with Gasteiger partial charge in [-0.05, 0) is 23.2 Å². The van der Waals surface area contributed by atoms with Crippen LogP contribution in [0.3, 0.4) is 0 Å². The molecule has 0 nitrogen and oxygen atoms in total. The van der Waals surface area contributed by atoms with E-state index in [2.05, 4.69) is 86.9 Å². The molecule has 0 saturated heterocycles. The van der Waals surface area contributed by atoms with Gasteiger partial charge in [-0.3, -0.25) is 0 Å². The van der Waals surface area contributed by atoms with Gasteiger partial charge in [-0.15, -0.1) is 0 Å². The smallest absolute Gasteiger partial charge is 0.0625 e. The lowest BCUT2D eigenvalue weighted by molar-refractivity contribution is 1.24. The Kier molecular flexibility index (Phi) is 4.87. The summed E-state index contributed by atoms with van der Waals surface area (Å²) in [7, 11) is -2.34. The summed E-state index contributed by atoms with van der Waals surface area (Å²) >= 11 is 0. The molecule has 0 aromatic heterocycles. The first-order valence-corrected chi connectivity index (χ1v) is 14.3.